The number of ether oxygens (including phenoxy) is 2. The van der Waals surface area contributed by atoms with Crippen LogP contribution < -0.4 is 10.8 Å². The minimum absolute atomic E-state index is 0.124. The number of amides is 2. The average Bonchev–Trinajstić information content (AvgIpc) is 3.59. The Morgan fingerprint density at radius 1 is 1.15 bits per heavy atom. The Balaban J connectivity index is 1.47. The molecule has 11 heteroatoms. The van der Waals surface area contributed by atoms with Crippen molar-refractivity contribution in [3.8, 4) is 0 Å². The molecule has 1 aromatic heterocycles. The van der Waals surface area contributed by atoms with Crippen LogP contribution in [0.3, 0.4) is 0 Å². The van der Waals surface area contributed by atoms with Gasteiger partial charge in [0.25, 0.3) is 0 Å². The number of hydrogen-bond acceptors (Lipinski definition) is 7. The van der Waals surface area contributed by atoms with E-state index in [1.165, 1.54) is 7.11 Å². The highest BCUT2D eigenvalue weighted by atomic mass is 16.7. The summed E-state index contributed by atoms with van der Waals surface area (Å²) >= 11 is 0. The predicted octanol–water partition coefficient (Wildman–Crippen LogP) is 3.93. The van der Waals surface area contributed by atoms with Crippen molar-refractivity contribution in [1.82, 2.24) is 20.2 Å². The SMILES string of the molecule is COC[C@H]1CC(c2nc3c(ccc4cc(B5OC(C)(C)C(C)(C)O5)ccc43)[nH]2)N(C(=O)[C@@H](NC(=O)OC)C(C)C)C1. The summed E-state index contributed by atoms with van der Waals surface area (Å²) < 4.78 is 22.8. The third-order valence-electron chi connectivity index (χ3n) is 8.82. The number of benzene rings is 2. The van der Waals surface area contributed by atoms with E-state index in [1.807, 2.05) is 58.6 Å². The van der Waals surface area contributed by atoms with E-state index in [-0.39, 0.29) is 23.8 Å². The Morgan fingerprint density at radius 2 is 1.85 bits per heavy atom. The van der Waals surface area contributed by atoms with Crippen LogP contribution in [0.1, 0.15) is 59.8 Å². The minimum Gasteiger partial charge on any atom is -0.453 e. The molecule has 1 unspecified atom stereocenters. The van der Waals surface area contributed by atoms with Crippen molar-refractivity contribution in [1.29, 1.82) is 0 Å². The van der Waals surface area contributed by atoms with Crippen LogP contribution in [-0.4, -0.2) is 78.6 Å². The molecule has 0 bridgehead atoms. The zero-order valence-electron chi connectivity index (χ0n) is 25.2. The van der Waals surface area contributed by atoms with Crippen molar-refractivity contribution >= 4 is 46.4 Å². The number of nitrogens with zero attached hydrogens (tertiary/aromatic N) is 2. The van der Waals surface area contributed by atoms with Crippen LogP contribution in [0.4, 0.5) is 4.79 Å². The van der Waals surface area contributed by atoms with E-state index in [2.05, 4.69) is 28.5 Å². The maximum Gasteiger partial charge on any atom is 0.494 e. The molecule has 2 aromatic carbocycles. The van der Waals surface area contributed by atoms with Gasteiger partial charge in [0, 0.05) is 25.0 Å². The molecule has 0 radical (unpaired) electrons. The predicted molar refractivity (Wildman–Crippen MR) is 158 cm³/mol. The molecule has 3 atom stereocenters. The maximum absolute atomic E-state index is 13.8. The summed E-state index contributed by atoms with van der Waals surface area (Å²) in [5, 5.41) is 4.75. The number of imidazole rings is 1. The smallest absolute Gasteiger partial charge is 0.453 e. The van der Waals surface area contributed by atoms with Gasteiger partial charge in [-0.1, -0.05) is 38.1 Å². The van der Waals surface area contributed by atoms with E-state index >= 15 is 0 Å². The number of carbonyl (C=O) groups is 2. The fourth-order valence-electron chi connectivity index (χ4n) is 5.78. The van der Waals surface area contributed by atoms with Gasteiger partial charge >= 0.3 is 13.2 Å². The second-order valence-corrected chi connectivity index (χ2v) is 12.6. The van der Waals surface area contributed by atoms with Crippen LogP contribution >= 0.6 is 0 Å². The fraction of sp³-hybridized carbons (Fsp3) is 0.567. The zero-order chi connectivity index (χ0) is 29.7. The van der Waals surface area contributed by atoms with Crippen LogP contribution in [0.2, 0.25) is 0 Å². The monoisotopic (exact) mass is 564 g/mol. The first-order valence-corrected chi connectivity index (χ1v) is 14.3. The van der Waals surface area contributed by atoms with Gasteiger partial charge in [0.05, 0.1) is 42.0 Å². The highest BCUT2D eigenvalue weighted by molar-refractivity contribution is 6.62. The topological polar surface area (TPSA) is 115 Å². The molecule has 2 aliphatic heterocycles. The number of likely N-dealkylation sites (tertiary alicyclic amines) is 1. The van der Waals surface area contributed by atoms with E-state index in [4.69, 9.17) is 23.8 Å². The highest BCUT2D eigenvalue weighted by Gasteiger charge is 2.51. The molecule has 0 saturated carbocycles. The molecule has 0 spiro atoms. The number of aromatic amines is 1. The van der Waals surface area contributed by atoms with Crippen molar-refractivity contribution in [3.05, 3.63) is 36.2 Å². The van der Waals surface area contributed by atoms with E-state index in [0.717, 1.165) is 33.1 Å². The molecule has 2 saturated heterocycles. The molecule has 2 amide bonds. The molecule has 41 heavy (non-hydrogen) atoms. The molecular weight excluding hydrogens is 523 g/mol. The lowest BCUT2D eigenvalue weighted by molar-refractivity contribution is -0.135. The first kappa shape index (κ1) is 29.4. The van der Waals surface area contributed by atoms with Gasteiger partial charge in [-0.05, 0) is 56.9 Å². The van der Waals surface area contributed by atoms with Gasteiger partial charge in [-0.3, -0.25) is 4.79 Å². The van der Waals surface area contributed by atoms with Crippen LogP contribution in [0.15, 0.2) is 30.3 Å². The average molecular weight is 564 g/mol. The van der Waals surface area contributed by atoms with E-state index in [0.29, 0.717) is 19.6 Å². The van der Waals surface area contributed by atoms with E-state index in [9.17, 15) is 9.59 Å². The summed E-state index contributed by atoms with van der Waals surface area (Å²) in [7, 11) is 2.51. The van der Waals surface area contributed by atoms with Gasteiger partial charge in [-0.15, -0.1) is 0 Å². The van der Waals surface area contributed by atoms with Crippen molar-refractivity contribution in [3.63, 3.8) is 0 Å². The second-order valence-electron chi connectivity index (χ2n) is 12.6. The minimum atomic E-state index is -0.718. The van der Waals surface area contributed by atoms with Crippen molar-refractivity contribution < 1.29 is 28.4 Å². The quantitative estimate of drug-likeness (QED) is 0.418. The number of fused-ring (bicyclic) bond motifs is 3. The molecule has 2 aliphatic rings. The first-order valence-electron chi connectivity index (χ1n) is 14.3. The maximum atomic E-state index is 13.8. The lowest BCUT2D eigenvalue weighted by Crippen LogP contribution is -2.51. The van der Waals surface area contributed by atoms with Crippen molar-refractivity contribution in [2.24, 2.45) is 11.8 Å². The lowest BCUT2D eigenvalue weighted by atomic mass is 9.78. The summed E-state index contributed by atoms with van der Waals surface area (Å²) in [6.45, 7) is 13.0. The largest absolute Gasteiger partial charge is 0.494 e. The number of aromatic nitrogens is 2. The van der Waals surface area contributed by atoms with Crippen LogP contribution in [-0.2, 0) is 23.6 Å². The lowest BCUT2D eigenvalue weighted by Gasteiger charge is -2.32. The first-order chi connectivity index (χ1) is 19.3. The number of hydrogen-bond donors (Lipinski definition) is 2. The third-order valence-corrected chi connectivity index (χ3v) is 8.82. The number of H-pyrrole nitrogens is 1. The molecule has 3 heterocycles. The highest BCUT2D eigenvalue weighted by Crippen LogP contribution is 2.38. The van der Waals surface area contributed by atoms with Gasteiger partial charge in [0.15, 0.2) is 0 Å². The second kappa shape index (κ2) is 10.9. The number of rotatable bonds is 7. The summed E-state index contributed by atoms with van der Waals surface area (Å²) in [4.78, 5) is 36.2. The summed E-state index contributed by atoms with van der Waals surface area (Å²) in [5.41, 5.74) is 1.86. The normalized spacial score (nSPS) is 22.6. The van der Waals surface area contributed by atoms with Crippen LogP contribution in [0.25, 0.3) is 21.8 Å². The fourth-order valence-corrected chi connectivity index (χ4v) is 5.78. The molecule has 3 aromatic rings. The molecule has 5 rings (SSSR count). The van der Waals surface area contributed by atoms with Gasteiger partial charge < -0.3 is 34.0 Å². The molecule has 220 valence electrons. The number of carbonyl (C=O) groups excluding carboxylic acids is 2. The Hall–Kier alpha value is -3.15. The van der Waals surface area contributed by atoms with Crippen LogP contribution in [0.5, 0.6) is 0 Å². The Kier molecular flexibility index (Phi) is 7.82. The van der Waals surface area contributed by atoms with Gasteiger partial charge in [-0.25, -0.2) is 9.78 Å². The van der Waals surface area contributed by atoms with Crippen LogP contribution in [0, 0.1) is 11.8 Å². The molecule has 2 fully saturated rings. The molecular formula is C30H41BN4O6. The Labute approximate surface area is 241 Å². The Morgan fingerprint density at radius 3 is 2.49 bits per heavy atom. The third kappa shape index (κ3) is 5.42. The van der Waals surface area contributed by atoms with E-state index in [1.54, 1.807) is 7.11 Å². The van der Waals surface area contributed by atoms with Gasteiger partial charge in [-0.2, -0.15) is 0 Å². The Bertz CT molecular complexity index is 1440. The number of methoxy groups -OCH3 is 2. The summed E-state index contributed by atoms with van der Waals surface area (Å²) in [6, 6.07) is 9.27. The van der Waals surface area contributed by atoms with Gasteiger partial charge in [0.2, 0.25) is 5.91 Å². The van der Waals surface area contributed by atoms with Crippen molar-refractivity contribution in [2.45, 2.75) is 71.2 Å². The number of nitrogens with one attached hydrogen (secondary N) is 2. The summed E-state index contributed by atoms with van der Waals surface area (Å²) in [5.74, 6) is 0.579. The zero-order valence-corrected chi connectivity index (χ0v) is 25.2. The summed E-state index contributed by atoms with van der Waals surface area (Å²) in [6.07, 6.45) is 0.0725. The van der Waals surface area contributed by atoms with Gasteiger partial charge in [0.1, 0.15) is 11.9 Å². The van der Waals surface area contributed by atoms with Crippen molar-refractivity contribution in [2.75, 3.05) is 27.4 Å². The number of alkyl carbamates (subject to hydrolysis) is 1. The molecule has 10 nitrogen and oxygen atoms in total. The standard InChI is InChI=1S/C30H41BN4O6/c1-17(2)24(34-28(37)39-8)27(36)35-15-18(16-38-7)13-23(35)26-32-22-12-9-19-14-20(10-11-21(19)25(22)33-26)31-40-29(3,4)30(5,6)41-31/h9-12,14,17-18,23-24H,13,15-16H2,1-8H3,(H,32,33)(H,34,37)/t18-,23?,24-/m0/s1. The molecule has 0 aliphatic carbocycles. The van der Waals surface area contributed by atoms with E-state index < -0.39 is 30.5 Å². The molecule has 2 N–H and O–H groups in total.